The summed E-state index contributed by atoms with van der Waals surface area (Å²) in [4.78, 5) is 22.5. The van der Waals surface area contributed by atoms with Gasteiger partial charge in [0.05, 0.1) is 11.9 Å². The van der Waals surface area contributed by atoms with Crippen LogP contribution in [0, 0.1) is 0 Å². The first-order valence-electron chi connectivity index (χ1n) is 7.54. The number of carbonyl (C=O) groups is 1. The summed E-state index contributed by atoms with van der Waals surface area (Å²) in [6.07, 6.45) is 5.94. The topological polar surface area (TPSA) is 84.2 Å². The van der Waals surface area contributed by atoms with Gasteiger partial charge in [-0.2, -0.15) is 4.98 Å². The molecule has 0 radical (unpaired) electrons. The molecule has 2 aromatic rings. The average molecular weight is 301 g/mol. The molecule has 1 aliphatic heterocycles. The Hall–Kier alpha value is -2.44. The number of nitrogens with zero attached hydrogens (tertiary/aromatic N) is 4. The van der Waals surface area contributed by atoms with Crippen LogP contribution in [0.2, 0.25) is 0 Å². The fourth-order valence-corrected chi connectivity index (χ4v) is 2.59. The summed E-state index contributed by atoms with van der Waals surface area (Å²) in [7, 11) is 0. The Bertz CT molecular complexity index is 628. The van der Waals surface area contributed by atoms with Crippen LogP contribution in [0.5, 0.6) is 0 Å². The number of amides is 2. The number of hydrogen-bond acceptors (Lipinski definition) is 5. The summed E-state index contributed by atoms with van der Waals surface area (Å²) in [5.41, 5.74) is 0.697. The van der Waals surface area contributed by atoms with E-state index in [0.29, 0.717) is 23.9 Å². The zero-order chi connectivity index (χ0) is 15.4. The van der Waals surface area contributed by atoms with Crippen LogP contribution in [-0.2, 0) is 6.42 Å². The Labute approximate surface area is 128 Å². The highest BCUT2D eigenvalue weighted by atomic mass is 16.5. The van der Waals surface area contributed by atoms with Gasteiger partial charge in [-0.15, -0.1) is 0 Å². The van der Waals surface area contributed by atoms with Crippen LogP contribution >= 0.6 is 0 Å². The number of hydrogen-bond donors (Lipinski definition) is 1. The highest BCUT2D eigenvalue weighted by Gasteiger charge is 2.27. The Morgan fingerprint density at radius 3 is 3.18 bits per heavy atom. The average Bonchev–Trinajstić information content (AvgIpc) is 3.05. The van der Waals surface area contributed by atoms with Crippen LogP contribution in [0.15, 0.2) is 29.0 Å². The van der Waals surface area contributed by atoms with Gasteiger partial charge in [-0.05, 0) is 25.0 Å². The molecule has 22 heavy (non-hydrogen) atoms. The molecule has 3 heterocycles. The van der Waals surface area contributed by atoms with E-state index in [1.807, 2.05) is 13.0 Å². The zero-order valence-electron chi connectivity index (χ0n) is 12.5. The number of aryl methyl sites for hydroxylation is 1. The van der Waals surface area contributed by atoms with E-state index in [-0.39, 0.29) is 11.9 Å². The van der Waals surface area contributed by atoms with Crippen LogP contribution < -0.4 is 5.32 Å². The second-order valence-corrected chi connectivity index (χ2v) is 5.36. The van der Waals surface area contributed by atoms with Gasteiger partial charge < -0.3 is 14.7 Å². The Kier molecular flexibility index (Phi) is 4.32. The number of carbonyl (C=O) groups excluding carboxylic acids is 1. The van der Waals surface area contributed by atoms with E-state index < -0.39 is 0 Å². The van der Waals surface area contributed by atoms with E-state index >= 15 is 0 Å². The molecule has 7 nitrogen and oxygen atoms in total. The summed E-state index contributed by atoms with van der Waals surface area (Å²) in [6.45, 7) is 3.32. The third kappa shape index (κ3) is 3.24. The highest BCUT2D eigenvalue weighted by molar-refractivity contribution is 5.89. The van der Waals surface area contributed by atoms with Crippen molar-refractivity contribution >= 4 is 11.7 Å². The summed E-state index contributed by atoms with van der Waals surface area (Å²) < 4.78 is 5.17. The maximum absolute atomic E-state index is 12.3. The quantitative estimate of drug-likeness (QED) is 0.941. The molecule has 1 unspecified atom stereocenters. The molecule has 0 bridgehead atoms. The molecule has 0 spiro atoms. The lowest BCUT2D eigenvalue weighted by Crippen LogP contribution is -2.41. The van der Waals surface area contributed by atoms with Gasteiger partial charge in [0.1, 0.15) is 0 Å². The van der Waals surface area contributed by atoms with Crippen molar-refractivity contribution in [3.8, 4) is 0 Å². The minimum atomic E-state index is -0.114. The molecule has 1 aliphatic rings. The van der Waals surface area contributed by atoms with Gasteiger partial charge in [0.2, 0.25) is 5.89 Å². The lowest BCUT2D eigenvalue weighted by Gasteiger charge is -2.31. The van der Waals surface area contributed by atoms with Crippen molar-refractivity contribution in [1.29, 1.82) is 0 Å². The largest absolute Gasteiger partial charge is 0.339 e. The predicted octanol–water partition coefficient (Wildman–Crippen LogP) is 2.44. The fourth-order valence-electron chi connectivity index (χ4n) is 2.59. The molecule has 3 rings (SSSR count). The molecule has 2 amide bonds. The van der Waals surface area contributed by atoms with E-state index in [2.05, 4.69) is 20.4 Å². The monoisotopic (exact) mass is 301 g/mol. The second kappa shape index (κ2) is 6.55. The third-order valence-corrected chi connectivity index (χ3v) is 3.77. The van der Waals surface area contributed by atoms with Crippen LogP contribution in [0.3, 0.4) is 0 Å². The molecular formula is C15H19N5O2. The highest BCUT2D eigenvalue weighted by Crippen LogP contribution is 2.25. The fraction of sp³-hybridized carbons (Fsp3) is 0.467. The van der Waals surface area contributed by atoms with Crippen molar-refractivity contribution < 1.29 is 9.32 Å². The Morgan fingerprint density at radius 2 is 2.45 bits per heavy atom. The van der Waals surface area contributed by atoms with Gasteiger partial charge >= 0.3 is 6.03 Å². The van der Waals surface area contributed by atoms with Crippen molar-refractivity contribution in [3.63, 3.8) is 0 Å². The van der Waals surface area contributed by atoms with Crippen LogP contribution in [0.4, 0.5) is 10.5 Å². The van der Waals surface area contributed by atoms with Gasteiger partial charge in [0.15, 0.2) is 5.82 Å². The maximum atomic E-state index is 12.3. The van der Waals surface area contributed by atoms with Gasteiger partial charge in [0.25, 0.3) is 0 Å². The van der Waals surface area contributed by atoms with Crippen molar-refractivity contribution in [2.45, 2.75) is 32.1 Å². The first kappa shape index (κ1) is 14.5. The van der Waals surface area contributed by atoms with Gasteiger partial charge in [-0.1, -0.05) is 12.1 Å². The Balaban J connectivity index is 1.63. The molecule has 116 valence electrons. The molecule has 2 aromatic heterocycles. The van der Waals surface area contributed by atoms with Crippen molar-refractivity contribution in [2.75, 3.05) is 18.4 Å². The Morgan fingerprint density at radius 1 is 1.55 bits per heavy atom. The third-order valence-electron chi connectivity index (χ3n) is 3.77. The standard InChI is InChI=1S/C15H19N5O2/c1-2-13-18-14(19-22-13)11-5-4-8-20(10-11)15(21)17-12-6-3-7-16-9-12/h3,6-7,9,11H,2,4-5,8,10H2,1H3,(H,17,21). The predicted molar refractivity (Wildman–Crippen MR) is 80.5 cm³/mol. The number of pyridine rings is 1. The van der Waals surface area contributed by atoms with E-state index in [0.717, 1.165) is 25.8 Å². The number of nitrogens with one attached hydrogen (secondary N) is 1. The lowest BCUT2D eigenvalue weighted by atomic mass is 9.97. The van der Waals surface area contributed by atoms with Gasteiger partial charge in [-0.25, -0.2) is 4.79 Å². The molecular weight excluding hydrogens is 282 g/mol. The second-order valence-electron chi connectivity index (χ2n) is 5.36. The number of urea groups is 1. The van der Waals surface area contributed by atoms with E-state index in [1.165, 1.54) is 0 Å². The lowest BCUT2D eigenvalue weighted by molar-refractivity contribution is 0.190. The van der Waals surface area contributed by atoms with Gasteiger partial charge in [-0.3, -0.25) is 4.98 Å². The normalized spacial score (nSPS) is 18.2. The molecule has 0 aliphatic carbocycles. The number of rotatable bonds is 3. The minimum Gasteiger partial charge on any atom is -0.339 e. The smallest absolute Gasteiger partial charge is 0.321 e. The van der Waals surface area contributed by atoms with E-state index in [4.69, 9.17) is 4.52 Å². The van der Waals surface area contributed by atoms with E-state index in [9.17, 15) is 4.79 Å². The minimum absolute atomic E-state index is 0.114. The van der Waals surface area contributed by atoms with Crippen LogP contribution in [-0.4, -0.2) is 39.1 Å². The first-order chi connectivity index (χ1) is 10.8. The molecule has 7 heteroatoms. The number of aromatic nitrogens is 3. The van der Waals surface area contributed by atoms with Crippen LogP contribution in [0.25, 0.3) is 0 Å². The summed E-state index contributed by atoms with van der Waals surface area (Å²) in [5, 5.41) is 6.89. The summed E-state index contributed by atoms with van der Waals surface area (Å²) in [6, 6.07) is 3.50. The summed E-state index contributed by atoms with van der Waals surface area (Å²) in [5.74, 6) is 1.49. The zero-order valence-corrected chi connectivity index (χ0v) is 12.5. The molecule has 1 fully saturated rings. The molecule has 1 N–H and O–H groups in total. The van der Waals surface area contributed by atoms with E-state index in [1.54, 1.807) is 23.4 Å². The molecule has 0 saturated carbocycles. The SMILES string of the molecule is CCc1nc(C2CCCN(C(=O)Nc3cccnc3)C2)no1. The molecule has 1 atom stereocenters. The van der Waals surface area contributed by atoms with Crippen molar-refractivity contribution in [3.05, 3.63) is 36.2 Å². The number of likely N-dealkylation sites (tertiary alicyclic amines) is 1. The molecule has 0 aromatic carbocycles. The van der Waals surface area contributed by atoms with Crippen molar-refractivity contribution in [1.82, 2.24) is 20.0 Å². The number of anilines is 1. The maximum Gasteiger partial charge on any atom is 0.321 e. The molecule has 1 saturated heterocycles. The van der Waals surface area contributed by atoms with Crippen LogP contribution in [0.1, 0.15) is 37.4 Å². The first-order valence-corrected chi connectivity index (χ1v) is 7.54. The summed E-state index contributed by atoms with van der Waals surface area (Å²) >= 11 is 0. The van der Waals surface area contributed by atoms with Crippen molar-refractivity contribution in [2.24, 2.45) is 0 Å². The number of piperidine rings is 1. The van der Waals surface area contributed by atoms with Gasteiger partial charge in [0, 0.05) is 31.6 Å².